The quantitative estimate of drug-likeness (QED) is 0.297. The molecule has 0 bridgehead atoms. The second kappa shape index (κ2) is 9.33. The van der Waals surface area contributed by atoms with Crippen LogP contribution in [0, 0.1) is 0 Å². The first-order valence-corrected chi connectivity index (χ1v) is 8.20. The number of hydrogen-bond donors (Lipinski definition) is 2. The number of benzene rings is 2. The summed E-state index contributed by atoms with van der Waals surface area (Å²) >= 11 is 0. The van der Waals surface area contributed by atoms with Gasteiger partial charge in [-0.15, -0.1) is 24.0 Å². The lowest BCUT2D eigenvalue weighted by molar-refractivity contribution is 0.0657. The van der Waals surface area contributed by atoms with Crippen LogP contribution in [0.4, 0.5) is 0 Å². The maximum absolute atomic E-state index is 12.2. The van der Waals surface area contributed by atoms with Gasteiger partial charge in [-0.3, -0.25) is 19.5 Å². The van der Waals surface area contributed by atoms with E-state index in [0.29, 0.717) is 30.2 Å². The van der Waals surface area contributed by atoms with E-state index in [-0.39, 0.29) is 42.3 Å². The highest BCUT2D eigenvalue weighted by molar-refractivity contribution is 14.0. The number of nitrogens with zero attached hydrogens (tertiary/aromatic N) is 2. The van der Waals surface area contributed by atoms with Crippen LogP contribution in [-0.4, -0.2) is 42.3 Å². The van der Waals surface area contributed by atoms with Crippen molar-refractivity contribution in [1.82, 2.24) is 10.2 Å². The van der Waals surface area contributed by atoms with E-state index in [1.807, 2.05) is 30.3 Å². The second-order valence-corrected chi connectivity index (χ2v) is 5.74. The number of amides is 2. The Morgan fingerprint density at radius 1 is 0.962 bits per heavy atom. The third kappa shape index (κ3) is 4.60. The monoisotopic (exact) mass is 464 g/mol. The molecule has 2 amide bonds. The number of imide groups is 1. The molecule has 1 aliphatic rings. The first-order valence-electron chi connectivity index (χ1n) is 8.20. The van der Waals surface area contributed by atoms with Crippen LogP contribution in [0.5, 0.6) is 0 Å². The van der Waals surface area contributed by atoms with Crippen LogP contribution in [0.2, 0.25) is 0 Å². The number of carbonyl (C=O) groups is 2. The minimum atomic E-state index is -0.262. The summed E-state index contributed by atoms with van der Waals surface area (Å²) in [6.45, 7) is 1.20. The Kier molecular flexibility index (Phi) is 7.14. The summed E-state index contributed by atoms with van der Waals surface area (Å²) in [5.41, 5.74) is 7.94. The number of rotatable bonds is 6. The smallest absolute Gasteiger partial charge is 0.261 e. The Labute approximate surface area is 169 Å². The Hall–Kier alpha value is -2.42. The van der Waals surface area contributed by atoms with Gasteiger partial charge in [0.1, 0.15) is 0 Å². The molecule has 2 aromatic carbocycles. The number of nitrogens with two attached hydrogens (primary N) is 1. The van der Waals surface area contributed by atoms with Crippen molar-refractivity contribution < 1.29 is 9.59 Å². The predicted molar refractivity (Wildman–Crippen MR) is 112 cm³/mol. The first kappa shape index (κ1) is 19.9. The van der Waals surface area contributed by atoms with Crippen LogP contribution < -0.4 is 11.1 Å². The van der Waals surface area contributed by atoms with Gasteiger partial charge in [0.15, 0.2) is 5.96 Å². The third-order valence-corrected chi connectivity index (χ3v) is 4.05. The summed E-state index contributed by atoms with van der Waals surface area (Å²) in [6, 6.07) is 16.9. The van der Waals surface area contributed by atoms with Crippen LogP contribution in [0.15, 0.2) is 59.6 Å². The van der Waals surface area contributed by atoms with Gasteiger partial charge in [-0.1, -0.05) is 42.5 Å². The van der Waals surface area contributed by atoms with E-state index in [9.17, 15) is 9.59 Å². The van der Waals surface area contributed by atoms with Gasteiger partial charge in [0.25, 0.3) is 11.8 Å². The molecule has 1 aliphatic heterocycles. The summed E-state index contributed by atoms with van der Waals surface area (Å²) < 4.78 is 0. The van der Waals surface area contributed by atoms with Gasteiger partial charge in [-0.2, -0.15) is 0 Å². The van der Waals surface area contributed by atoms with Crippen molar-refractivity contribution in [2.24, 2.45) is 10.7 Å². The minimum Gasteiger partial charge on any atom is -0.370 e. The molecule has 136 valence electrons. The van der Waals surface area contributed by atoms with Crippen molar-refractivity contribution in [2.45, 2.75) is 6.42 Å². The number of halogens is 1. The molecule has 0 saturated heterocycles. The highest BCUT2D eigenvalue weighted by Gasteiger charge is 2.34. The average molecular weight is 464 g/mol. The molecule has 0 spiro atoms. The highest BCUT2D eigenvalue weighted by atomic mass is 127. The molecule has 0 unspecified atom stereocenters. The molecule has 0 aliphatic carbocycles. The Morgan fingerprint density at radius 3 is 2.15 bits per heavy atom. The van der Waals surface area contributed by atoms with Crippen LogP contribution >= 0.6 is 24.0 Å². The fraction of sp³-hybridized carbons (Fsp3) is 0.211. The molecule has 0 fully saturated rings. The van der Waals surface area contributed by atoms with Gasteiger partial charge in [0.2, 0.25) is 0 Å². The molecule has 6 nitrogen and oxygen atoms in total. The van der Waals surface area contributed by atoms with E-state index in [4.69, 9.17) is 5.73 Å². The molecule has 1 heterocycles. The maximum Gasteiger partial charge on any atom is 0.261 e. The lowest BCUT2D eigenvalue weighted by atomic mass is 10.1. The third-order valence-electron chi connectivity index (χ3n) is 4.05. The molecule has 0 radical (unpaired) electrons. The van der Waals surface area contributed by atoms with Crippen molar-refractivity contribution >= 4 is 41.8 Å². The lowest BCUT2D eigenvalue weighted by Gasteiger charge is -2.14. The molecule has 2 aromatic rings. The van der Waals surface area contributed by atoms with Crippen LogP contribution in [-0.2, 0) is 6.42 Å². The standard InChI is InChI=1S/C19H20N4O2.HI/c20-19(21-11-10-14-6-2-1-3-7-14)22-12-13-23-17(24)15-8-4-5-9-16(15)18(23)25;/h1-9H,10-13H2,(H3,20,21,22);1H. The van der Waals surface area contributed by atoms with E-state index in [1.54, 1.807) is 24.3 Å². The zero-order valence-corrected chi connectivity index (χ0v) is 16.6. The molecular formula is C19H21IN4O2. The number of fused-ring (bicyclic) bond motifs is 1. The van der Waals surface area contributed by atoms with Crippen molar-refractivity contribution in [3.63, 3.8) is 0 Å². The topological polar surface area (TPSA) is 87.8 Å². The molecular weight excluding hydrogens is 443 g/mol. The van der Waals surface area contributed by atoms with Gasteiger partial charge < -0.3 is 11.1 Å². The van der Waals surface area contributed by atoms with E-state index < -0.39 is 0 Å². The predicted octanol–water partition coefficient (Wildman–Crippen LogP) is 2.05. The molecule has 3 rings (SSSR count). The molecule has 3 N–H and O–H groups in total. The van der Waals surface area contributed by atoms with Gasteiger partial charge in [-0.25, -0.2) is 0 Å². The fourth-order valence-corrected chi connectivity index (χ4v) is 2.74. The molecule has 0 atom stereocenters. The van der Waals surface area contributed by atoms with Crippen molar-refractivity contribution in [3.8, 4) is 0 Å². The second-order valence-electron chi connectivity index (χ2n) is 5.74. The Bertz CT molecular complexity index is 773. The number of guanidine groups is 1. The first-order chi connectivity index (χ1) is 12.2. The number of carbonyl (C=O) groups excluding carboxylic acids is 2. The zero-order valence-electron chi connectivity index (χ0n) is 14.2. The van der Waals surface area contributed by atoms with Gasteiger partial charge in [0.05, 0.1) is 11.1 Å². The number of nitrogens with one attached hydrogen (secondary N) is 1. The summed E-state index contributed by atoms with van der Waals surface area (Å²) in [4.78, 5) is 29.9. The summed E-state index contributed by atoms with van der Waals surface area (Å²) in [5.74, 6) is -0.212. The van der Waals surface area contributed by atoms with Crippen molar-refractivity contribution in [2.75, 3.05) is 19.6 Å². The van der Waals surface area contributed by atoms with Crippen molar-refractivity contribution in [3.05, 3.63) is 71.3 Å². The molecule has 0 aromatic heterocycles. The van der Waals surface area contributed by atoms with Crippen molar-refractivity contribution in [1.29, 1.82) is 0 Å². The van der Waals surface area contributed by atoms with E-state index in [0.717, 1.165) is 6.42 Å². The number of aliphatic imine (C=N–C) groups is 1. The maximum atomic E-state index is 12.2. The highest BCUT2D eigenvalue weighted by Crippen LogP contribution is 2.21. The van der Waals surface area contributed by atoms with Gasteiger partial charge in [0, 0.05) is 19.6 Å². The van der Waals surface area contributed by atoms with Crippen LogP contribution in [0.25, 0.3) is 0 Å². The molecule has 7 heteroatoms. The largest absolute Gasteiger partial charge is 0.370 e. The fourth-order valence-electron chi connectivity index (χ4n) is 2.74. The SMILES string of the molecule is I.NC(=NCCc1ccccc1)NCCN1C(=O)c2ccccc2C1=O. The van der Waals surface area contributed by atoms with E-state index in [2.05, 4.69) is 10.3 Å². The summed E-state index contributed by atoms with van der Waals surface area (Å²) in [5, 5.41) is 2.95. The number of hydrogen-bond acceptors (Lipinski definition) is 3. The Morgan fingerprint density at radius 2 is 1.54 bits per heavy atom. The molecule has 0 saturated carbocycles. The van der Waals surface area contributed by atoms with E-state index >= 15 is 0 Å². The normalized spacial score (nSPS) is 13.4. The molecule has 26 heavy (non-hydrogen) atoms. The summed E-state index contributed by atoms with van der Waals surface area (Å²) in [7, 11) is 0. The van der Waals surface area contributed by atoms with Gasteiger partial charge >= 0.3 is 0 Å². The Balaban J connectivity index is 0.00000243. The average Bonchev–Trinajstić information content (AvgIpc) is 2.88. The summed E-state index contributed by atoms with van der Waals surface area (Å²) in [6.07, 6.45) is 0.807. The van der Waals surface area contributed by atoms with Crippen LogP contribution in [0.1, 0.15) is 26.3 Å². The minimum absolute atomic E-state index is 0. The van der Waals surface area contributed by atoms with Crippen LogP contribution in [0.3, 0.4) is 0 Å². The lowest BCUT2D eigenvalue weighted by Crippen LogP contribution is -2.40. The van der Waals surface area contributed by atoms with Gasteiger partial charge in [-0.05, 0) is 24.1 Å². The zero-order chi connectivity index (χ0) is 17.6. The van der Waals surface area contributed by atoms with E-state index in [1.165, 1.54) is 10.5 Å².